The lowest BCUT2D eigenvalue weighted by Crippen LogP contribution is -2.42. The van der Waals surface area contributed by atoms with Crippen molar-refractivity contribution in [1.82, 2.24) is 0 Å². The summed E-state index contributed by atoms with van der Waals surface area (Å²) in [7, 11) is -3.64. The molecule has 0 aliphatic heterocycles. The number of fused-ring (bicyclic) bond motifs is 2. The molecule has 0 aromatic carbocycles. The molecule has 0 heterocycles. The van der Waals surface area contributed by atoms with Gasteiger partial charge in [0.2, 0.25) is 0 Å². The lowest BCUT2D eigenvalue weighted by atomic mass is 9.70. The van der Waals surface area contributed by atoms with Gasteiger partial charge in [-0.1, -0.05) is 78.6 Å². The van der Waals surface area contributed by atoms with Crippen LogP contribution in [0.25, 0.3) is 0 Å². The van der Waals surface area contributed by atoms with Crippen LogP contribution in [0.3, 0.4) is 0 Å². The summed E-state index contributed by atoms with van der Waals surface area (Å²) in [5.74, 6) is 0.345. The lowest BCUT2D eigenvalue weighted by molar-refractivity contribution is -0.128. The number of Topliss-reactive ketones (excluding diaryl/α,β-unsaturated/α-hetero) is 1. The summed E-state index contributed by atoms with van der Waals surface area (Å²) in [6.07, 6.45) is 14.3. The molecule has 0 saturated heterocycles. The molecule has 2 fully saturated rings. The van der Waals surface area contributed by atoms with Crippen molar-refractivity contribution in [2.45, 2.75) is 104 Å². The van der Waals surface area contributed by atoms with Crippen LogP contribution in [0.5, 0.6) is 0 Å². The van der Waals surface area contributed by atoms with Crippen LogP contribution < -0.4 is 0 Å². The van der Waals surface area contributed by atoms with Crippen molar-refractivity contribution in [2.75, 3.05) is 12.4 Å². The van der Waals surface area contributed by atoms with Crippen molar-refractivity contribution in [3.05, 3.63) is 0 Å². The molecule has 0 aromatic heterocycles. The van der Waals surface area contributed by atoms with Gasteiger partial charge in [-0.05, 0) is 30.6 Å². The number of unbranched alkanes of at least 4 members (excludes halogenated alkanes) is 9. The summed E-state index contributed by atoms with van der Waals surface area (Å²) >= 11 is 0. The van der Waals surface area contributed by atoms with Gasteiger partial charge < -0.3 is 0 Å². The zero-order chi connectivity index (χ0) is 20.0. The van der Waals surface area contributed by atoms with Crippen LogP contribution in [-0.4, -0.2) is 26.6 Å². The van der Waals surface area contributed by atoms with E-state index in [9.17, 15) is 13.2 Å². The first-order chi connectivity index (χ1) is 12.8. The number of carbonyl (C=O) groups excluding carboxylic acids is 1. The Hall–Kier alpha value is -0.420. The Morgan fingerprint density at radius 1 is 0.963 bits per heavy atom. The molecule has 2 saturated carbocycles. The van der Waals surface area contributed by atoms with Crippen molar-refractivity contribution in [2.24, 2.45) is 16.7 Å². The van der Waals surface area contributed by atoms with E-state index in [1.54, 1.807) is 0 Å². The fraction of sp³-hybridized carbons (Fsp3) is 0.955. The third-order valence-corrected chi connectivity index (χ3v) is 8.70. The topological polar surface area (TPSA) is 60.4 Å². The third-order valence-electron chi connectivity index (χ3n) is 7.32. The summed E-state index contributed by atoms with van der Waals surface area (Å²) in [6.45, 7) is 6.62. The monoisotopic (exact) mass is 400 g/mol. The minimum atomic E-state index is -3.64. The highest BCUT2D eigenvalue weighted by Crippen LogP contribution is 2.64. The second-order valence-corrected chi connectivity index (χ2v) is 11.0. The van der Waals surface area contributed by atoms with Gasteiger partial charge in [0.15, 0.2) is 0 Å². The quantitative estimate of drug-likeness (QED) is 0.279. The molecule has 2 unspecified atom stereocenters. The van der Waals surface area contributed by atoms with Gasteiger partial charge in [0.05, 0.1) is 17.8 Å². The highest BCUT2D eigenvalue weighted by atomic mass is 32.2. The Morgan fingerprint density at radius 3 is 2.00 bits per heavy atom. The molecular weight excluding hydrogens is 360 g/mol. The first kappa shape index (κ1) is 22.9. The number of carbonyl (C=O) groups is 1. The van der Waals surface area contributed by atoms with E-state index in [2.05, 4.69) is 20.8 Å². The molecule has 2 aliphatic rings. The van der Waals surface area contributed by atoms with Crippen LogP contribution in [-0.2, 0) is 19.1 Å². The van der Waals surface area contributed by atoms with Gasteiger partial charge in [0.1, 0.15) is 5.78 Å². The van der Waals surface area contributed by atoms with Crippen molar-refractivity contribution in [3.8, 4) is 0 Å². The van der Waals surface area contributed by atoms with Crippen molar-refractivity contribution in [3.63, 3.8) is 0 Å². The number of rotatable bonds is 14. The maximum Gasteiger partial charge on any atom is 0.268 e. The molecule has 27 heavy (non-hydrogen) atoms. The fourth-order valence-corrected chi connectivity index (χ4v) is 6.96. The van der Waals surface area contributed by atoms with Gasteiger partial charge in [-0.3, -0.25) is 8.98 Å². The average molecular weight is 401 g/mol. The zero-order valence-electron chi connectivity index (χ0n) is 17.7. The Balaban J connectivity index is 1.61. The Bertz CT molecular complexity index is 581. The Kier molecular flexibility index (Phi) is 8.35. The van der Waals surface area contributed by atoms with E-state index >= 15 is 0 Å². The number of hydrogen-bond donors (Lipinski definition) is 0. The van der Waals surface area contributed by atoms with Crippen molar-refractivity contribution in [1.29, 1.82) is 0 Å². The van der Waals surface area contributed by atoms with E-state index in [-0.39, 0.29) is 23.6 Å². The minimum absolute atomic E-state index is 0.125. The second kappa shape index (κ2) is 9.87. The van der Waals surface area contributed by atoms with E-state index in [0.717, 1.165) is 25.7 Å². The number of ketones is 1. The van der Waals surface area contributed by atoms with Crippen LogP contribution in [0.1, 0.15) is 104 Å². The molecule has 2 aliphatic carbocycles. The summed E-state index contributed by atoms with van der Waals surface area (Å²) < 4.78 is 30.2. The lowest BCUT2D eigenvalue weighted by Gasteiger charge is -2.35. The van der Waals surface area contributed by atoms with E-state index in [1.165, 1.54) is 44.9 Å². The summed E-state index contributed by atoms with van der Waals surface area (Å²) in [6, 6.07) is 0. The first-order valence-electron chi connectivity index (χ1n) is 11.2. The molecule has 158 valence electrons. The maximum absolute atomic E-state index is 12.5. The minimum Gasteiger partial charge on any atom is -0.299 e. The van der Waals surface area contributed by atoms with E-state index in [4.69, 9.17) is 4.18 Å². The molecular formula is C22H40O4S. The van der Waals surface area contributed by atoms with Crippen LogP contribution in [0.15, 0.2) is 0 Å². The van der Waals surface area contributed by atoms with E-state index in [1.807, 2.05) is 0 Å². The largest absolute Gasteiger partial charge is 0.299 e. The van der Waals surface area contributed by atoms with Crippen LogP contribution in [0, 0.1) is 16.7 Å². The highest BCUT2D eigenvalue weighted by molar-refractivity contribution is 7.86. The summed E-state index contributed by atoms with van der Waals surface area (Å²) in [5, 5.41) is 0. The Morgan fingerprint density at radius 2 is 1.52 bits per heavy atom. The molecule has 0 spiro atoms. The van der Waals surface area contributed by atoms with E-state index in [0.29, 0.717) is 18.8 Å². The maximum atomic E-state index is 12.5. The SMILES string of the molecule is CCCCCCCCCCCCOS(=O)(=O)CC12CCC(CC1=O)C2(C)C. The fourth-order valence-electron chi connectivity index (χ4n) is 5.23. The third kappa shape index (κ3) is 5.56. The molecule has 2 bridgehead atoms. The molecule has 2 rings (SSSR count). The van der Waals surface area contributed by atoms with E-state index < -0.39 is 15.5 Å². The van der Waals surface area contributed by atoms with Gasteiger partial charge in [-0.2, -0.15) is 8.42 Å². The van der Waals surface area contributed by atoms with Gasteiger partial charge in [0, 0.05) is 6.42 Å². The predicted molar refractivity (Wildman–Crippen MR) is 110 cm³/mol. The number of hydrogen-bond acceptors (Lipinski definition) is 4. The Labute approximate surface area is 167 Å². The second-order valence-electron chi connectivity index (χ2n) is 9.37. The molecule has 0 N–H and O–H groups in total. The predicted octanol–water partition coefficient (Wildman–Crippen LogP) is 5.65. The molecule has 5 heteroatoms. The highest BCUT2D eigenvalue weighted by Gasteiger charge is 2.65. The smallest absolute Gasteiger partial charge is 0.268 e. The molecule has 2 atom stereocenters. The van der Waals surface area contributed by atoms with Gasteiger partial charge in [-0.15, -0.1) is 0 Å². The van der Waals surface area contributed by atoms with Gasteiger partial charge in [-0.25, -0.2) is 0 Å². The van der Waals surface area contributed by atoms with Gasteiger partial charge >= 0.3 is 0 Å². The van der Waals surface area contributed by atoms with Crippen molar-refractivity contribution >= 4 is 15.9 Å². The summed E-state index contributed by atoms with van der Waals surface area (Å²) in [4.78, 5) is 12.5. The average Bonchev–Trinajstić information content (AvgIpc) is 2.93. The van der Waals surface area contributed by atoms with Crippen molar-refractivity contribution < 1.29 is 17.4 Å². The molecule has 4 nitrogen and oxygen atoms in total. The molecule has 0 radical (unpaired) electrons. The zero-order valence-corrected chi connectivity index (χ0v) is 18.5. The molecule has 0 amide bonds. The van der Waals surface area contributed by atoms with Gasteiger partial charge in [0.25, 0.3) is 10.1 Å². The van der Waals surface area contributed by atoms with Crippen LogP contribution in [0.4, 0.5) is 0 Å². The first-order valence-corrected chi connectivity index (χ1v) is 12.7. The normalized spacial score (nSPS) is 26.8. The van der Waals surface area contributed by atoms with Crippen LogP contribution >= 0.6 is 0 Å². The standard InChI is InChI=1S/C22H40O4S/c1-4-5-6-7-8-9-10-11-12-13-16-26-27(24,25)18-22-15-14-19(17-20(22)23)21(22,2)3/h19H,4-18H2,1-3H3. The molecule has 0 aromatic rings. The van der Waals surface area contributed by atoms with Crippen LogP contribution in [0.2, 0.25) is 0 Å². The summed E-state index contributed by atoms with van der Waals surface area (Å²) in [5.41, 5.74) is -0.939.